The van der Waals surface area contributed by atoms with Crippen molar-refractivity contribution in [2.45, 2.75) is 31.7 Å². The molecule has 0 saturated carbocycles. The van der Waals surface area contributed by atoms with E-state index < -0.39 is 0 Å². The number of thiophene rings is 1. The second kappa shape index (κ2) is 5.10. The Labute approximate surface area is 95.6 Å². The van der Waals surface area contributed by atoms with Crippen LogP contribution in [0.2, 0.25) is 0 Å². The van der Waals surface area contributed by atoms with Crippen molar-refractivity contribution in [1.82, 2.24) is 5.32 Å². The van der Waals surface area contributed by atoms with Crippen LogP contribution in [0.5, 0.6) is 0 Å². The lowest BCUT2D eigenvalue weighted by Gasteiger charge is -2.34. The molecule has 0 radical (unpaired) electrons. The molecule has 0 aliphatic carbocycles. The van der Waals surface area contributed by atoms with Crippen LogP contribution in [0.25, 0.3) is 0 Å². The highest BCUT2D eigenvalue weighted by molar-refractivity contribution is 7.09. The van der Waals surface area contributed by atoms with Crippen molar-refractivity contribution in [3.63, 3.8) is 0 Å². The minimum atomic E-state index is 0.204. The van der Waals surface area contributed by atoms with Gasteiger partial charge >= 0.3 is 0 Å². The molecule has 1 atom stereocenters. The summed E-state index contributed by atoms with van der Waals surface area (Å²) in [5.74, 6) is 0. The average Bonchev–Trinajstić information content (AvgIpc) is 2.71. The number of hydrogen-bond acceptors (Lipinski definition) is 3. The highest BCUT2D eigenvalue weighted by Gasteiger charge is 2.26. The van der Waals surface area contributed by atoms with Gasteiger partial charge in [-0.3, -0.25) is 0 Å². The first kappa shape index (κ1) is 11.1. The van der Waals surface area contributed by atoms with Gasteiger partial charge in [-0.25, -0.2) is 0 Å². The Kier molecular flexibility index (Phi) is 3.78. The molecule has 1 aliphatic heterocycles. The lowest BCUT2D eigenvalue weighted by Crippen LogP contribution is -2.49. The van der Waals surface area contributed by atoms with Gasteiger partial charge in [0.05, 0.1) is 6.61 Å². The van der Waals surface area contributed by atoms with Gasteiger partial charge in [-0.2, -0.15) is 0 Å². The zero-order chi connectivity index (χ0) is 10.6. The first-order valence-corrected chi connectivity index (χ1v) is 6.52. The highest BCUT2D eigenvalue weighted by atomic mass is 32.1. The molecule has 3 heteroatoms. The van der Waals surface area contributed by atoms with Gasteiger partial charge < -0.3 is 10.1 Å². The van der Waals surface area contributed by atoms with E-state index in [1.54, 1.807) is 0 Å². The molecule has 0 aromatic carbocycles. The lowest BCUT2D eigenvalue weighted by atomic mass is 9.95. The second-order valence-corrected chi connectivity index (χ2v) is 5.51. The van der Waals surface area contributed by atoms with Gasteiger partial charge in [0.2, 0.25) is 0 Å². The van der Waals surface area contributed by atoms with E-state index >= 15 is 0 Å². The Morgan fingerprint density at radius 3 is 3.20 bits per heavy atom. The molecule has 84 valence electrons. The summed E-state index contributed by atoms with van der Waals surface area (Å²) in [6, 6.07) is 4.32. The topological polar surface area (TPSA) is 21.3 Å². The van der Waals surface area contributed by atoms with Crippen LogP contribution in [0.3, 0.4) is 0 Å². The standard InChI is InChI=1S/C12H19NOS/c1-12(6-3-8-14-10-12)13-7-5-11-4-2-9-15-11/h2,4,9,13H,3,5-8,10H2,1H3. The van der Waals surface area contributed by atoms with Crippen molar-refractivity contribution in [1.29, 1.82) is 0 Å². The highest BCUT2D eigenvalue weighted by Crippen LogP contribution is 2.18. The van der Waals surface area contributed by atoms with Crippen molar-refractivity contribution in [3.05, 3.63) is 22.4 Å². The summed E-state index contributed by atoms with van der Waals surface area (Å²) >= 11 is 1.84. The maximum absolute atomic E-state index is 5.51. The molecule has 1 fully saturated rings. The average molecular weight is 225 g/mol. The van der Waals surface area contributed by atoms with Crippen molar-refractivity contribution in [3.8, 4) is 0 Å². The molecule has 1 saturated heterocycles. The third-order valence-electron chi connectivity index (χ3n) is 2.94. The zero-order valence-corrected chi connectivity index (χ0v) is 10.1. The molecule has 0 spiro atoms. The summed E-state index contributed by atoms with van der Waals surface area (Å²) in [4.78, 5) is 1.46. The van der Waals surface area contributed by atoms with Gasteiger partial charge in [0.25, 0.3) is 0 Å². The Morgan fingerprint density at radius 2 is 2.53 bits per heavy atom. The van der Waals surface area contributed by atoms with E-state index in [-0.39, 0.29) is 5.54 Å². The van der Waals surface area contributed by atoms with Crippen LogP contribution in [-0.2, 0) is 11.2 Å². The SMILES string of the molecule is CC1(NCCc2cccs2)CCCOC1. The molecule has 1 aromatic rings. The fourth-order valence-corrected chi connectivity index (χ4v) is 2.72. The first-order chi connectivity index (χ1) is 7.29. The predicted molar refractivity (Wildman–Crippen MR) is 64.5 cm³/mol. The Bertz CT molecular complexity index is 278. The minimum Gasteiger partial charge on any atom is -0.380 e. The summed E-state index contributed by atoms with van der Waals surface area (Å²) in [6.45, 7) is 5.11. The monoisotopic (exact) mass is 225 g/mol. The minimum absolute atomic E-state index is 0.204. The maximum Gasteiger partial charge on any atom is 0.0645 e. The van der Waals surface area contributed by atoms with Crippen LogP contribution in [-0.4, -0.2) is 25.3 Å². The van der Waals surface area contributed by atoms with E-state index in [0.717, 1.165) is 26.2 Å². The summed E-state index contributed by atoms with van der Waals surface area (Å²) in [5, 5.41) is 5.76. The smallest absolute Gasteiger partial charge is 0.0645 e. The third kappa shape index (κ3) is 3.30. The Hall–Kier alpha value is -0.380. The van der Waals surface area contributed by atoms with E-state index in [0.29, 0.717) is 0 Å². The molecule has 2 heterocycles. The molecule has 1 aromatic heterocycles. The van der Waals surface area contributed by atoms with Gasteiger partial charge in [0.15, 0.2) is 0 Å². The Balaban J connectivity index is 1.72. The molecule has 0 bridgehead atoms. The molecule has 0 amide bonds. The number of hydrogen-bond donors (Lipinski definition) is 1. The summed E-state index contributed by atoms with van der Waals surface area (Å²) in [5.41, 5.74) is 0.204. The summed E-state index contributed by atoms with van der Waals surface area (Å²) in [6.07, 6.45) is 3.55. The number of ether oxygens (including phenoxy) is 1. The molecule has 2 nitrogen and oxygen atoms in total. The molecule has 15 heavy (non-hydrogen) atoms. The molecular formula is C12H19NOS. The summed E-state index contributed by atoms with van der Waals surface area (Å²) < 4.78 is 5.51. The maximum atomic E-state index is 5.51. The van der Waals surface area contributed by atoms with E-state index in [4.69, 9.17) is 4.74 Å². The van der Waals surface area contributed by atoms with Gasteiger partial charge in [0.1, 0.15) is 0 Å². The number of rotatable bonds is 4. The molecular weight excluding hydrogens is 206 g/mol. The van der Waals surface area contributed by atoms with Crippen LogP contribution < -0.4 is 5.32 Å². The normalized spacial score (nSPS) is 26.7. The van der Waals surface area contributed by atoms with Crippen LogP contribution in [0.15, 0.2) is 17.5 Å². The molecule has 1 aliphatic rings. The van der Waals surface area contributed by atoms with E-state index in [1.807, 2.05) is 11.3 Å². The van der Waals surface area contributed by atoms with Crippen LogP contribution in [0, 0.1) is 0 Å². The Morgan fingerprint density at radius 1 is 1.60 bits per heavy atom. The second-order valence-electron chi connectivity index (χ2n) is 4.47. The van der Waals surface area contributed by atoms with E-state index in [9.17, 15) is 0 Å². The fraction of sp³-hybridized carbons (Fsp3) is 0.667. The van der Waals surface area contributed by atoms with Gasteiger partial charge in [-0.1, -0.05) is 6.07 Å². The fourth-order valence-electron chi connectivity index (χ4n) is 2.02. The molecule has 2 rings (SSSR count). The number of nitrogens with one attached hydrogen (secondary N) is 1. The van der Waals surface area contributed by atoms with Crippen molar-refractivity contribution < 1.29 is 4.74 Å². The molecule has 1 unspecified atom stereocenters. The first-order valence-electron chi connectivity index (χ1n) is 5.64. The van der Waals surface area contributed by atoms with Crippen LogP contribution in [0.1, 0.15) is 24.6 Å². The largest absolute Gasteiger partial charge is 0.380 e. The van der Waals surface area contributed by atoms with Crippen LogP contribution in [0.4, 0.5) is 0 Å². The van der Waals surface area contributed by atoms with Crippen molar-refractivity contribution >= 4 is 11.3 Å². The van der Waals surface area contributed by atoms with Crippen LogP contribution >= 0.6 is 11.3 Å². The third-order valence-corrected chi connectivity index (χ3v) is 3.88. The van der Waals surface area contributed by atoms with Gasteiger partial charge in [-0.15, -0.1) is 11.3 Å². The van der Waals surface area contributed by atoms with E-state index in [2.05, 4.69) is 29.8 Å². The lowest BCUT2D eigenvalue weighted by molar-refractivity contribution is 0.0289. The predicted octanol–water partition coefficient (Wildman–Crippen LogP) is 2.45. The van der Waals surface area contributed by atoms with Gasteiger partial charge in [0, 0.05) is 23.6 Å². The van der Waals surface area contributed by atoms with E-state index in [1.165, 1.54) is 17.7 Å². The molecule has 1 N–H and O–H groups in total. The van der Waals surface area contributed by atoms with Gasteiger partial charge in [-0.05, 0) is 37.6 Å². The quantitative estimate of drug-likeness (QED) is 0.850. The van der Waals surface area contributed by atoms with Crippen molar-refractivity contribution in [2.24, 2.45) is 0 Å². The summed E-state index contributed by atoms with van der Waals surface area (Å²) in [7, 11) is 0. The van der Waals surface area contributed by atoms with Crippen molar-refractivity contribution in [2.75, 3.05) is 19.8 Å². The zero-order valence-electron chi connectivity index (χ0n) is 9.29.